The first kappa shape index (κ1) is 16.9. The van der Waals surface area contributed by atoms with Gasteiger partial charge in [-0.15, -0.1) is 0 Å². The molecule has 2 heterocycles. The van der Waals surface area contributed by atoms with Crippen LogP contribution in [-0.2, 0) is 4.74 Å². The summed E-state index contributed by atoms with van der Waals surface area (Å²) in [6.45, 7) is 3.48. The van der Waals surface area contributed by atoms with Crippen LogP contribution in [0.4, 0.5) is 13.2 Å². The average molecular weight is 346 g/mol. The Morgan fingerprint density at radius 3 is 2.56 bits per heavy atom. The van der Waals surface area contributed by atoms with Gasteiger partial charge in [-0.2, -0.15) is 0 Å². The summed E-state index contributed by atoms with van der Waals surface area (Å²) in [5, 5.41) is -0.427. The van der Waals surface area contributed by atoms with Gasteiger partial charge in [-0.25, -0.2) is 22.9 Å². The van der Waals surface area contributed by atoms with Gasteiger partial charge in [0.1, 0.15) is 5.52 Å². The number of rotatable bonds is 3. The zero-order chi connectivity index (χ0) is 18.1. The Morgan fingerprint density at radius 2 is 1.92 bits per heavy atom. The maximum absolute atomic E-state index is 14.1. The van der Waals surface area contributed by atoms with Crippen molar-refractivity contribution in [3.8, 4) is 11.3 Å². The Bertz CT molecular complexity index is 972. The first-order chi connectivity index (χ1) is 11.9. The number of aromatic nitrogens is 2. The minimum atomic E-state index is -1.36. The Balaban J connectivity index is 2.34. The van der Waals surface area contributed by atoms with Crippen LogP contribution in [0, 0.1) is 24.4 Å². The van der Waals surface area contributed by atoms with Crippen molar-refractivity contribution in [2.75, 3.05) is 6.61 Å². The fourth-order valence-corrected chi connectivity index (χ4v) is 2.43. The van der Waals surface area contributed by atoms with E-state index in [1.165, 1.54) is 6.20 Å². The predicted octanol–water partition coefficient (Wildman–Crippen LogP) is 4.20. The number of nitrogens with zero attached hydrogens (tertiary/aromatic N) is 2. The van der Waals surface area contributed by atoms with Crippen LogP contribution in [0.3, 0.4) is 0 Å². The molecule has 1 aromatic carbocycles. The van der Waals surface area contributed by atoms with Gasteiger partial charge < -0.3 is 4.74 Å². The second-order valence-corrected chi connectivity index (χ2v) is 5.34. The maximum atomic E-state index is 14.1. The number of hydrogen-bond donors (Lipinski definition) is 0. The fourth-order valence-electron chi connectivity index (χ4n) is 2.43. The van der Waals surface area contributed by atoms with Crippen LogP contribution >= 0.6 is 0 Å². The lowest BCUT2D eigenvalue weighted by atomic mass is 10.0. The summed E-state index contributed by atoms with van der Waals surface area (Å²) in [4.78, 5) is 20.4. The van der Waals surface area contributed by atoms with Crippen LogP contribution in [0.5, 0.6) is 0 Å². The van der Waals surface area contributed by atoms with E-state index in [0.717, 1.165) is 11.8 Å². The second kappa shape index (κ2) is 6.51. The second-order valence-electron chi connectivity index (χ2n) is 5.34. The van der Waals surface area contributed by atoms with E-state index in [-0.39, 0.29) is 23.4 Å². The zero-order valence-corrected chi connectivity index (χ0v) is 13.4. The van der Waals surface area contributed by atoms with E-state index in [9.17, 15) is 18.0 Å². The van der Waals surface area contributed by atoms with Gasteiger partial charge in [0.25, 0.3) is 0 Å². The predicted molar refractivity (Wildman–Crippen MR) is 85.5 cm³/mol. The molecule has 0 saturated carbocycles. The zero-order valence-electron chi connectivity index (χ0n) is 13.4. The lowest BCUT2D eigenvalue weighted by Crippen LogP contribution is -2.09. The molecule has 0 fully saturated rings. The molecule has 0 aliphatic heterocycles. The van der Waals surface area contributed by atoms with E-state index in [4.69, 9.17) is 4.74 Å². The van der Waals surface area contributed by atoms with Crippen molar-refractivity contribution in [2.24, 2.45) is 0 Å². The number of esters is 1. The highest BCUT2D eigenvalue weighted by atomic mass is 19.2. The van der Waals surface area contributed by atoms with Crippen LogP contribution < -0.4 is 0 Å². The minimum Gasteiger partial charge on any atom is -0.462 e. The SMILES string of the molecule is CCOC(=O)c1cc2c(F)c(F)cc(F)c2nc1-c1ccc(C)nc1. The van der Waals surface area contributed by atoms with Gasteiger partial charge in [-0.1, -0.05) is 0 Å². The normalized spacial score (nSPS) is 10.9. The van der Waals surface area contributed by atoms with Gasteiger partial charge in [0, 0.05) is 28.9 Å². The standard InChI is InChI=1S/C18H13F3N2O2/c1-3-25-18(24)12-6-11-15(21)13(19)7-14(20)17(11)23-16(12)10-5-4-9(2)22-8-10/h4-8H,3H2,1-2H3. The largest absolute Gasteiger partial charge is 0.462 e. The highest BCUT2D eigenvalue weighted by Crippen LogP contribution is 2.30. The highest BCUT2D eigenvalue weighted by Gasteiger charge is 2.22. The molecule has 0 bridgehead atoms. The average Bonchev–Trinajstić information content (AvgIpc) is 2.59. The van der Waals surface area contributed by atoms with Crippen molar-refractivity contribution in [1.82, 2.24) is 9.97 Å². The first-order valence-electron chi connectivity index (χ1n) is 7.50. The van der Waals surface area contributed by atoms with Gasteiger partial charge in [0.05, 0.1) is 17.9 Å². The molecule has 0 spiro atoms. The summed E-state index contributed by atoms with van der Waals surface area (Å²) in [7, 11) is 0. The summed E-state index contributed by atoms with van der Waals surface area (Å²) in [5.74, 6) is -4.42. The molecule has 2 aromatic heterocycles. The third kappa shape index (κ3) is 3.05. The monoisotopic (exact) mass is 346 g/mol. The van der Waals surface area contributed by atoms with Crippen molar-refractivity contribution in [3.05, 3.63) is 59.2 Å². The number of pyridine rings is 2. The number of fused-ring (bicyclic) bond motifs is 1. The van der Waals surface area contributed by atoms with Crippen LogP contribution in [-0.4, -0.2) is 22.5 Å². The van der Waals surface area contributed by atoms with Crippen LogP contribution in [0.15, 0.2) is 30.5 Å². The van der Waals surface area contributed by atoms with Gasteiger partial charge >= 0.3 is 5.97 Å². The molecule has 25 heavy (non-hydrogen) atoms. The lowest BCUT2D eigenvalue weighted by molar-refractivity contribution is 0.0527. The number of carbonyl (C=O) groups is 1. The van der Waals surface area contributed by atoms with Gasteiger partial charge in [-0.05, 0) is 32.0 Å². The van der Waals surface area contributed by atoms with Gasteiger partial charge in [0.2, 0.25) is 0 Å². The van der Waals surface area contributed by atoms with Crippen LogP contribution in [0.2, 0.25) is 0 Å². The van der Waals surface area contributed by atoms with Crippen molar-refractivity contribution in [2.45, 2.75) is 13.8 Å². The Kier molecular flexibility index (Phi) is 4.39. The van der Waals surface area contributed by atoms with Crippen molar-refractivity contribution in [3.63, 3.8) is 0 Å². The molecule has 0 atom stereocenters. The number of ether oxygens (including phenoxy) is 1. The third-order valence-corrected chi connectivity index (χ3v) is 3.63. The molecule has 0 unspecified atom stereocenters. The molecular weight excluding hydrogens is 333 g/mol. The Morgan fingerprint density at radius 1 is 1.16 bits per heavy atom. The summed E-state index contributed by atoms with van der Waals surface area (Å²) < 4.78 is 46.6. The summed E-state index contributed by atoms with van der Waals surface area (Å²) in [6.07, 6.45) is 1.46. The molecule has 0 saturated heterocycles. The quantitative estimate of drug-likeness (QED) is 0.527. The van der Waals surface area contributed by atoms with E-state index in [0.29, 0.717) is 11.6 Å². The van der Waals surface area contributed by atoms with Crippen LogP contribution in [0.1, 0.15) is 23.0 Å². The molecule has 0 amide bonds. The smallest absolute Gasteiger partial charge is 0.340 e. The molecule has 3 rings (SSSR count). The number of aryl methyl sites for hydroxylation is 1. The highest BCUT2D eigenvalue weighted by molar-refractivity contribution is 6.00. The third-order valence-electron chi connectivity index (χ3n) is 3.63. The van der Waals surface area contributed by atoms with E-state index in [2.05, 4.69) is 9.97 Å². The summed E-state index contributed by atoms with van der Waals surface area (Å²) >= 11 is 0. The lowest BCUT2D eigenvalue weighted by Gasteiger charge is -2.11. The van der Waals surface area contributed by atoms with E-state index in [1.54, 1.807) is 26.0 Å². The Hall–Kier alpha value is -2.96. The molecule has 4 nitrogen and oxygen atoms in total. The number of carbonyl (C=O) groups excluding carboxylic acids is 1. The molecular formula is C18H13F3N2O2. The summed E-state index contributed by atoms with van der Waals surface area (Å²) in [6, 6.07) is 4.82. The topological polar surface area (TPSA) is 52.1 Å². The van der Waals surface area contributed by atoms with Crippen molar-refractivity contribution < 1.29 is 22.7 Å². The van der Waals surface area contributed by atoms with Crippen molar-refractivity contribution in [1.29, 1.82) is 0 Å². The van der Waals surface area contributed by atoms with E-state index < -0.39 is 28.8 Å². The van der Waals surface area contributed by atoms with Crippen molar-refractivity contribution >= 4 is 16.9 Å². The molecule has 0 N–H and O–H groups in total. The van der Waals surface area contributed by atoms with Crippen LogP contribution in [0.25, 0.3) is 22.2 Å². The number of halogens is 3. The summed E-state index contributed by atoms with van der Waals surface area (Å²) in [5.41, 5.74) is 0.788. The molecule has 128 valence electrons. The van der Waals surface area contributed by atoms with E-state index in [1.807, 2.05) is 0 Å². The Labute approximate surface area is 141 Å². The maximum Gasteiger partial charge on any atom is 0.340 e. The molecule has 3 aromatic rings. The molecule has 0 radical (unpaired) electrons. The van der Waals surface area contributed by atoms with Gasteiger partial charge in [-0.3, -0.25) is 4.98 Å². The molecule has 0 aliphatic rings. The molecule has 0 aliphatic carbocycles. The molecule has 7 heteroatoms. The first-order valence-corrected chi connectivity index (χ1v) is 7.50. The number of hydrogen-bond acceptors (Lipinski definition) is 4. The number of benzene rings is 1. The van der Waals surface area contributed by atoms with Gasteiger partial charge in [0.15, 0.2) is 17.5 Å². The fraction of sp³-hybridized carbons (Fsp3) is 0.167. The minimum absolute atomic E-state index is 0.0858. The van der Waals surface area contributed by atoms with E-state index >= 15 is 0 Å².